The van der Waals surface area contributed by atoms with E-state index in [1.165, 1.54) is 63.1 Å². The zero-order valence-electron chi connectivity index (χ0n) is 16.5. The van der Waals surface area contributed by atoms with Crippen LogP contribution in [0.4, 0.5) is 4.39 Å². The van der Waals surface area contributed by atoms with Gasteiger partial charge in [0.15, 0.2) is 0 Å². The van der Waals surface area contributed by atoms with Crippen molar-refractivity contribution in [3.05, 3.63) is 30.1 Å². The minimum absolute atomic E-state index is 0.101. The summed E-state index contributed by atoms with van der Waals surface area (Å²) in [5.41, 5.74) is 0. The Morgan fingerprint density at radius 1 is 0.852 bits per heavy atom. The summed E-state index contributed by atoms with van der Waals surface area (Å²) in [6.07, 6.45) is 11.6. The molecule has 0 radical (unpaired) electrons. The first-order valence-electron chi connectivity index (χ1n) is 10.2. The van der Waals surface area contributed by atoms with Gasteiger partial charge in [-0.15, -0.1) is 0 Å². The molecule has 0 amide bonds. The van der Waals surface area contributed by atoms with Crippen molar-refractivity contribution in [1.29, 1.82) is 0 Å². The Morgan fingerprint density at radius 3 is 2.15 bits per heavy atom. The molecule has 0 aliphatic heterocycles. The third kappa shape index (κ3) is 13.0. The van der Waals surface area contributed by atoms with Crippen molar-refractivity contribution in [3.8, 4) is 5.75 Å². The average Bonchev–Trinajstić information content (AvgIpc) is 2.63. The summed E-state index contributed by atoms with van der Waals surface area (Å²) in [4.78, 5) is 23.3. The molecule has 0 heterocycles. The molecule has 1 aromatic rings. The molecule has 0 atom stereocenters. The van der Waals surface area contributed by atoms with Crippen LogP contribution in [0.2, 0.25) is 0 Å². The highest BCUT2D eigenvalue weighted by atomic mass is 19.1. The Bertz CT molecular complexity index is 545. The first-order valence-corrected chi connectivity index (χ1v) is 10.2. The van der Waals surface area contributed by atoms with Crippen molar-refractivity contribution >= 4 is 11.9 Å². The highest BCUT2D eigenvalue weighted by Gasteiger charge is 2.08. The summed E-state index contributed by atoms with van der Waals surface area (Å²) >= 11 is 0. The predicted octanol–water partition coefficient (Wildman–Crippen LogP) is 5.98. The van der Waals surface area contributed by atoms with E-state index in [1.807, 2.05) is 0 Å². The lowest BCUT2D eigenvalue weighted by Gasteiger charge is -2.06. The second-order valence-corrected chi connectivity index (χ2v) is 6.83. The van der Waals surface area contributed by atoms with E-state index >= 15 is 0 Å². The van der Waals surface area contributed by atoms with Gasteiger partial charge in [-0.25, -0.2) is 4.39 Å². The van der Waals surface area contributed by atoms with Crippen LogP contribution in [-0.2, 0) is 14.3 Å². The number of ether oxygens (including phenoxy) is 2. The van der Waals surface area contributed by atoms with Crippen molar-refractivity contribution in [2.24, 2.45) is 0 Å². The third-order valence-electron chi connectivity index (χ3n) is 4.30. The number of esters is 2. The fourth-order valence-electron chi connectivity index (χ4n) is 2.76. The lowest BCUT2D eigenvalue weighted by atomic mass is 10.1. The second kappa shape index (κ2) is 15.2. The summed E-state index contributed by atoms with van der Waals surface area (Å²) in [5, 5.41) is 0. The molecular formula is C22H33FO4. The first-order chi connectivity index (χ1) is 13.1. The zero-order valence-corrected chi connectivity index (χ0v) is 16.5. The Morgan fingerprint density at radius 2 is 1.48 bits per heavy atom. The SMILES string of the molecule is CCCCCCCCCCCOC(=O)CCCC(=O)Oc1cccc(F)c1. The van der Waals surface area contributed by atoms with Crippen LogP contribution in [0.3, 0.4) is 0 Å². The van der Waals surface area contributed by atoms with Gasteiger partial charge in [-0.1, -0.05) is 64.4 Å². The third-order valence-corrected chi connectivity index (χ3v) is 4.30. The number of carbonyl (C=O) groups excluding carboxylic acids is 2. The van der Waals surface area contributed by atoms with Crippen LogP contribution >= 0.6 is 0 Å². The van der Waals surface area contributed by atoms with Gasteiger partial charge in [-0.05, 0) is 25.0 Å². The van der Waals surface area contributed by atoms with E-state index in [2.05, 4.69) is 6.92 Å². The smallest absolute Gasteiger partial charge is 0.311 e. The Hall–Kier alpha value is -1.91. The predicted molar refractivity (Wildman–Crippen MR) is 104 cm³/mol. The van der Waals surface area contributed by atoms with Crippen molar-refractivity contribution in [3.63, 3.8) is 0 Å². The Kier molecular flexibility index (Phi) is 13.0. The summed E-state index contributed by atoms with van der Waals surface area (Å²) in [6, 6.07) is 5.42. The van der Waals surface area contributed by atoms with E-state index in [1.54, 1.807) is 0 Å². The largest absolute Gasteiger partial charge is 0.466 e. The maximum atomic E-state index is 13.0. The quantitative estimate of drug-likeness (QED) is 0.213. The molecule has 0 spiro atoms. The van der Waals surface area contributed by atoms with Gasteiger partial charge in [0.25, 0.3) is 0 Å². The van der Waals surface area contributed by atoms with Crippen LogP contribution in [0, 0.1) is 5.82 Å². The maximum absolute atomic E-state index is 13.0. The Balaban J connectivity index is 1.94. The molecule has 0 unspecified atom stereocenters. The highest BCUT2D eigenvalue weighted by Crippen LogP contribution is 2.13. The molecule has 0 aromatic heterocycles. The van der Waals surface area contributed by atoms with Crippen LogP contribution in [0.15, 0.2) is 24.3 Å². The Labute approximate surface area is 162 Å². The number of unbranched alkanes of at least 4 members (excludes halogenated alkanes) is 8. The normalized spacial score (nSPS) is 10.6. The molecule has 0 saturated carbocycles. The molecule has 0 fully saturated rings. The van der Waals surface area contributed by atoms with Crippen molar-refractivity contribution in [2.45, 2.75) is 84.0 Å². The van der Waals surface area contributed by atoms with Crippen LogP contribution in [-0.4, -0.2) is 18.5 Å². The van der Waals surface area contributed by atoms with Crippen molar-refractivity contribution in [2.75, 3.05) is 6.61 Å². The summed E-state index contributed by atoms with van der Waals surface area (Å²) in [6.45, 7) is 2.67. The van der Waals surface area contributed by atoms with Gasteiger partial charge in [0.1, 0.15) is 11.6 Å². The standard InChI is InChI=1S/C22H33FO4/c1-2-3-4-5-6-7-8-9-10-17-26-21(24)15-12-16-22(25)27-20-14-11-13-19(23)18-20/h11,13-14,18H,2-10,12,15-17H2,1H3. The van der Waals surface area contributed by atoms with Gasteiger partial charge in [0.05, 0.1) is 6.61 Å². The molecule has 0 aliphatic rings. The molecule has 152 valence electrons. The van der Waals surface area contributed by atoms with Gasteiger partial charge in [0, 0.05) is 18.9 Å². The maximum Gasteiger partial charge on any atom is 0.311 e. The van der Waals surface area contributed by atoms with E-state index in [4.69, 9.17) is 9.47 Å². The minimum atomic E-state index is -0.479. The lowest BCUT2D eigenvalue weighted by molar-refractivity contribution is -0.144. The molecule has 27 heavy (non-hydrogen) atoms. The van der Waals surface area contributed by atoms with E-state index in [0.717, 1.165) is 18.9 Å². The lowest BCUT2D eigenvalue weighted by Crippen LogP contribution is -2.10. The molecule has 0 bridgehead atoms. The summed E-state index contributed by atoms with van der Waals surface area (Å²) < 4.78 is 23.2. The van der Waals surface area contributed by atoms with Gasteiger partial charge in [0.2, 0.25) is 0 Å². The molecule has 4 nitrogen and oxygen atoms in total. The number of hydrogen-bond acceptors (Lipinski definition) is 4. The van der Waals surface area contributed by atoms with Gasteiger partial charge in [-0.3, -0.25) is 9.59 Å². The molecule has 1 aromatic carbocycles. The van der Waals surface area contributed by atoms with Crippen molar-refractivity contribution < 1.29 is 23.5 Å². The van der Waals surface area contributed by atoms with Gasteiger partial charge < -0.3 is 9.47 Å². The number of hydrogen-bond donors (Lipinski definition) is 0. The number of rotatable bonds is 15. The molecular weight excluding hydrogens is 347 g/mol. The van der Waals surface area contributed by atoms with Crippen molar-refractivity contribution in [1.82, 2.24) is 0 Å². The molecule has 0 N–H and O–H groups in total. The molecule has 1 rings (SSSR count). The number of halogens is 1. The van der Waals surface area contributed by atoms with Crippen LogP contribution in [0.25, 0.3) is 0 Å². The second-order valence-electron chi connectivity index (χ2n) is 6.83. The fourth-order valence-corrected chi connectivity index (χ4v) is 2.76. The zero-order chi connectivity index (χ0) is 19.7. The van der Waals surface area contributed by atoms with E-state index in [9.17, 15) is 14.0 Å². The average molecular weight is 380 g/mol. The molecule has 0 aliphatic carbocycles. The van der Waals surface area contributed by atoms with Crippen LogP contribution in [0.1, 0.15) is 84.0 Å². The topological polar surface area (TPSA) is 52.6 Å². The highest BCUT2D eigenvalue weighted by molar-refractivity contribution is 5.74. The van der Waals surface area contributed by atoms with Gasteiger partial charge >= 0.3 is 11.9 Å². The van der Waals surface area contributed by atoms with Gasteiger partial charge in [-0.2, -0.15) is 0 Å². The fraction of sp³-hybridized carbons (Fsp3) is 0.636. The first kappa shape index (κ1) is 23.1. The number of benzene rings is 1. The number of carbonyl (C=O) groups is 2. The van der Waals surface area contributed by atoms with E-state index < -0.39 is 11.8 Å². The summed E-state index contributed by atoms with van der Waals surface area (Å²) in [7, 11) is 0. The van der Waals surface area contributed by atoms with Crippen LogP contribution < -0.4 is 4.74 Å². The monoisotopic (exact) mass is 380 g/mol. The van der Waals surface area contributed by atoms with Crippen LogP contribution in [0.5, 0.6) is 5.75 Å². The molecule has 0 saturated heterocycles. The van der Waals surface area contributed by atoms with E-state index in [0.29, 0.717) is 13.0 Å². The molecule has 5 heteroatoms. The van der Waals surface area contributed by atoms with E-state index in [-0.39, 0.29) is 24.6 Å². The summed E-state index contributed by atoms with van der Waals surface area (Å²) in [5.74, 6) is -1.05. The minimum Gasteiger partial charge on any atom is -0.466 e.